The van der Waals surface area contributed by atoms with Crippen molar-refractivity contribution in [2.75, 3.05) is 0 Å². The highest BCUT2D eigenvalue weighted by molar-refractivity contribution is 7.99. The summed E-state index contributed by atoms with van der Waals surface area (Å²) in [6.07, 6.45) is 3.62. The van der Waals surface area contributed by atoms with Crippen molar-refractivity contribution < 1.29 is 9.59 Å². The van der Waals surface area contributed by atoms with E-state index in [2.05, 4.69) is 33.0 Å². The van der Waals surface area contributed by atoms with Crippen molar-refractivity contribution in [1.29, 1.82) is 0 Å². The highest BCUT2D eigenvalue weighted by Crippen LogP contribution is 2.31. The van der Waals surface area contributed by atoms with Gasteiger partial charge >= 0.3 is 0 Å². The number of amides is 2. The molecule has 0 bridgehead atoms. The summed E-state index contributed by atoms with van der Waals surface area (Å²) in [4.78, 5) is 33.7. The molecule has 156 valence electrons. The molecule has 0 aliphatic carbocycles. The van der Waals surface area contributed by atoms with Gasteiger partial charge in [0.25, 0.3) is 5.91 Å². The lowest BCUT2D eigenvalue weighted by molar-refractivity contribution is -0.121. The standard InChI is InChI=1S/C24H22N4O2S/c1-15-9-10-16(2)21(12-15)31-24-19(7-5-11-25-24)23(30)28-27-22(29)13-17-14-26-20-8-4-3-6-18(17)20/h3-12,14,26H,13H2,1-2H3,(H,27,29)(H,28,30). The third-order valence-electron chi connectivity index (χ3n) is 4.91. The Kier molecular flexibility index (Phi) is 6.04. The molecule has 2 aromatic heterocycles. The summed E-state index contributed by atoms with van der Waals surface area (Å²) in [5, 5.41) is 1.57. The Bertz CT molecular complexity index is 1270. The number of hydrogen-bond donors (Lipinski definition) is 3. The molecule has 3 N–H and O–H groups in total. The van der Waals surface area contributed by atoms with Crippen molar-refractivity contribution in [3.05, 3.63) is 89.2 Å². The minimum Gasteiger partial charge on any atom is -0.361 e. The zero-order chi connectivity index (χ0) is 21.8. The monoisotopic (exact) mass is 430 g/mol. The first-order valence-corrected chi connectivity index (χ1v) is 10.7. The molecule has 0 fully saturated rings. The average molecular weight is 431 g/mol. The summed E-state index contributed by atoms with van der Waals surface area (Å²) in [5.74, 6) is -0.709. The quantitative estimate of drug-likeness (QED) is 0.411. The maximum atomic E-state index is 12.7. The van der Waals surface area contributed by atoms with Gasteiger partial charge in [-0.3, -0.25) is 20.4 Å². The SMILES string of the molecule is Cc1ccc(C)c(Sc2ncccc2C(=O)NNC(=O)Cc2c[nH]c3ccccc23)c1. The van der Waals surface area contributed by atoms with Gasteiger partial charge in [0.15, 0.2) is 0 Å². The van der Waals surface area contributed by atoms with Crippen molar-refractivity contribution >= 4 is 34.5 Å². The van der Waals surface area contributed by atoms with E-state index in [0.29, 0.717) is 10.6 Å². The highest BCUT2D eigenvalue weighted by Gasteiger charge is 2.16. The zero-order valence-corrected chi connectivity index (χ0v) is 18.0. The Balaban J connectivity index is 1.43. The van der Waals surface area contributed by atoms with Gasteiger partial charge in [0.2, 0.25) is 5.91 Å². The van der Waals surface area contributed by atoms with Gasteiger partial charge in [-0.05, 0) is 54.8 Å². The van der Waals surface area contributed by atoms with Crippen molar-refractivity contribution in [3.8, 4) is 0 Å². The van der Waals surface area contributed by atoms with E-state index in [0.717, 1.165) is 32.5 Å². The van der Waals surface area contributed by atoms with E-state index < -0.39 is 5.91 Å². The number of fused-ring (bicyclic) bond motifs is 1. The number of H-pyrrole nitrogens is 1. The number of aromatic amines is 1. The zero-order valence-electron chi connectivity index (χ0n) is 17.2. The lowest BCUT2D eigenvalue weighted by atomic mass is 10.1. The largest absolute Gasteiger partial charge is 0.361 e. The van der Waals surface area contributed by atoms with Crippen molar-refractivity contribution in [2.24, 2.45) is 0 Å². The molecule has 0 radical (unpaired) electrons. The van der Waals surface area contributed by atoms with Crippen LogP contribution in [0, 0.1) is 13.8 Å². The van der Waals surface area contributed by atoms with E-state index >= 15 is 0 Å². The van der Waals surface area contributed by atoms with Crippen LogP contribution in [0.25, 0.3) is 10.9 Å². The summed E-state index contributed by atoms with van der Waals surface area (Å²) in [5.41, 5.74) is 9.51. The summed E-state index contributed by atoms with van der Waals surface area (Å²) >= 11 is 1.43. The number of para-hydroxylation sites is 1. The fraction of sp³-hybridized carbons (Fsp3) is 0.125. The molecule has 0 aliphatic heterocycles. The Morgan fingerprint density at radius 1 is 1.03 bits per heavy atom. The van der Waals surface area contributed by atoms with Crippen LogP contribution in [-0.2, 0) is 11.2 Å². The normalized spacial score (nSPS) is 10.8. The van der Waals surface area contributed by atoms with Crippen LogP contribution >= 0.6 is 11.8 Å². The minimum absolute atomic E-state index is 0.154. The molecule has 4 aromatic rings. The number of pyridine rings is 1. The second-order valence-electron chi connectivity index (χ2n) is 7.27. The van der Waals surface area contributed by atoms with Crippen LogP contribution in [0.1, 0.15) is 27.0 Å². The number of hydrazine groups is 1. The van der Waals surface area contributed by atoms with Crippen LogP contribution < -0.4 is 10.9 Å². The van der Waals surface area contributed by atoms with Crippen LogP contribution in [0.2, 0.25) is 0 Å². The van der Waals surface area contributed by atoms with E-state index in [1.165, 1.54) is 11.8 Å². The highest BCUT2D eigenvalue weighted by atomic mass is 32.2. The van der Waals surface area contributed by atoms with Crippen molar-refractivity contribution in [1.82, 2.24) is 20.8 Å². The van der Waals surface area contributed by atoms with Gasteiger partial charge in [0, 0.05) is 28.2 Å². The lowest BCUT2D eigenvalue weighted by Gasteiger charge is -2.11. The molecule has 0 spiro atoms. The molecule has 7 heteroatoms. The molecule has 0 saturated carbocycles. The van der Waals surface area contributed by atoms with E-state index in [1.54, 1.807) is 18.3 Å². The van der Waals surface area contributed by atoms with Gasteiger partial charge in [-0.2, -0.15) is 0 Å². The average Bonchev–Trinajstić information content (AvgIpc) is 3.18. The smallest absolute Gasteiger partial charge is 0.272 e. The van der Waals surface area contributed by atoms with E-state index in [1.807, 2.05) is 50.4 Å². The van der Waals surface area contributed by atoms with Gasteiger partial charge in [-0.25, -0.2) is 4.98 Å². The third-order valence-corrected chi connectivity index (χ3v) is 6.09. The van der Waals surface area contributed by atoms with Crippen LogP contribution in [0.5, 0.6) is 0 Å². The number of nitrogens with one attached hydrogen (secondary N) is 3. The van der Waals surface area contributed by atoms with Crippen LogP contribution in [0.4, 0.5) is 0 Å². The number of carbonyl (C=O) groups excluding carboxylic acids is 2. The number of nitrogens with zero attached hydrogens (tertiary/aromatic N) is 1. The molecule has 0 saturated heterocycles. The Labute approximate surface area is 184 Å². The molecular weight excluding hydrogens is 408 g/mol. The summed E-state index contributed by atoms with van der Waals surface area (Å²) in [6.45, 7) is 4.05. The van der Waals surface area contributed by atoms with Gasteiger partial charge in [0.05, 0.1) is 12.0 Å². The Morgan fingerprint density at radius 3 is 2.74 bits per heavy atom. The molecule has 0 aliphatic rings. The molecule has 0 unspecified atom stereocenters. The molecule has 2 aromatic carbocycles. The Morgan fingerprint density at radius 2 is 1.87 bits per heavy atom. The maximum Gasteiger partial charge on any atom is 0.272 e. The number of aryl methyl sites for hydroxylation is 2. The van der Waals surface area contributed by atoms with Crippen molar-refractivity contribution in [3.63, 3.8) is 0 Å². The topological polar surface area (TPSA) is 86.9 Å². The number of aromatic nitrogens is 2. The van der Waals surface area contributed by atoms with Gasteiger partial charge < -0.3 is 4.98 Å². The fourth-order valence-corrected chi connectivity index (χ4v) is 4.32. The van der Waals surface area contributed by atoms with Crippen LogP contribution in [-0.4, -0.2) is 21.8 Å². The lowest BCUT2D eigenvalue weighted by Crippen LogP contribution is -2.42. The van der Waals surface area contributed by atoms with Crippen molar-refractivity contribution in [2.45, 2.75) is 30.2 Å². The van der Waals surface area contributed by atoms with Gasteiger partial charge in [0.1, 0.15) is 5.03 Å². The number of benzene rings is 2. The number of carbonyl (C=O) groups is 2. The number of hydrogen-bond acceptors (Lipinski definition) is 4. The first kappa shape index (κ1) is 20.7. The van der Waals surface area contributed by atoms with E-state index in [-0.39, 0.29) is 12.3 Å². The van der Waals surface area contributed by atoms with Gasteiger partial charge in [-0.15, -0.1) is 0 Å². The second kappa shape index (κ2) is 9.06. The second-order valence-corrected chi connectivity index (χ2v) is 8.30. The molecule has 6 nitrogen and oxygen atoms in total. The minimum atomic E-state index is -0.409. The first-order valence-electron chi connectivity index (χ1n) is 9.85. The Hall–Kier alpha value is -3.58. The van der Waals surface area contributed by atoms with Crippen LogP contribution in [0.3, 0.4) is 0 Å². The number of rotatable bonds is 5. The predicted octanol–water partition coefficient (Wildman–Crippen LogP) is 4.33. The van der Waals surface area contributed by atoms with Crippen LogP contribution in [0.15, 0.2) is 76.9 Å². The first-order chi connectivity index (χ1) is 15.0. The fourth-order valence-electron chi connectivity index (χ4n) is 3.26. The summed E-state index contributed by atoms with van der Waals surface area (Å²) in [6, 6.07) is 17.3. The molecule has 2 amide bonds. The maximum absolute atomic E-state index is 12.7. The van der Waals surface area contributed by atoms with Gasteiger partial charge in [-0.1, -0.05) is 42.1 Å². The molecule has 2 heterocycles. The molecular formula is C24H22N4O2S. The summed E-state index contributed by atoms with van der Waals surface area (Å²) < 4.78 is 0. The van der Waals surface area contributed by atoms with E-state index in [9.17, 15) is 9.59 Å². The molecule has 4 rings (SSSR count). The third kappa shape index (κ3) is 4.78. The predicted molar refractivity (Wildman–Crippen MR) is 122 cm³/mol. The summed E-state index contributed by atoms with van der Waals surface area (Å²) in [7, 11) is 0. The molecule has 0 atom stereocenters. The van der Waals surface area contributed by atoms with E-state index in [4.69, 9.17) is 0 Å². The molecule has 31 heavy (non-hydrogen) atoms.